The Bertz CT molecular complexity index is 641. The highest BCUT2D eigenvalue weighted by atomic mass is 32.2. The summed E-state index contributed by atoms with van der Waals surface area (Å²) >= 11 is 0. The number of hydrogen-bond acceptors (Lipinski definition) is 8. The average molecular weight is 342 g/mol. The van der Waals surface area contributed by atoms with E-state index >= 15 is 0 Å². The topological polar surface area (TPSA) is 101 Å². The zero-order chi connectivity index (χ0) is 16.3. The van der Waals surface area contributed by atoms with E-state index in [1.165, 1.54) is 0 Å². The number of sulfonamides is 1. The van der Waals surface area contributed by atoms with Gasteiger partial charge in [0.2, 0.25) is 21.9 Å². The molecule has 0 saturated carbocycles. The Balaban J connectivity index is 1.85. The van der Waals surface area contributed by atoms with Crippen molar-refractivity contribution >= 4 is 21.9 Å². The van der Waals surface area contributed by atoms with Gasteiger partial charge in [-0.3, -0.25) is 0 Å². The molecule has 0 bridgehead atoms. The van der Waals surface area contributed by atoms with Crippen LogP contribution in [0.1, 0.15) is 18.7 Å². The normalized spacial score (nSPS) is 19.3. The number of aromatic nitrogens is 3. The van der Waals surface area contributed by atoms with Gasteiger partial charge < -0.3 is 14.5 Å². The third kappa shape index (κ3) is 4.49. The Morgan fingerprint density at radius 3 is 2.13 bits per heavy atom. The molecule has 2 aliphatic rings. The van der Waals surface area contributed by atoms with Crippen LogP contribution in [0.2, 0.25) is 0 Å². The maximum atomic E-state index is 11.3. The van der Waals surface area contributed by atoms with Crippen molar-refractivity contribution < 1.29 is 13.2 Å². The van der Waals surface area contributed by atoms with E-state index in [2.05, 4.69) is 29.5 Å². The predicted octanol–water partition coefficient (Wildman–Crippen LogP) is -0.642. The molecule has 1 aromatic rings. The maximum absolute atomic E-state index is 11.3. The molecular weight excluding hydrogens is 320 g/mol. The molecule has 1 aromatic heterocycles. The van der Waals surface area contributed by atoms with Crippen molar-refractivity contribution in [2.75, 3.05) is 55.4 Å². The lowest BCUT2D eigenvalue weighted by Gasteiger charge is -2.28. The van der Waals surface area contributed by atoms with E-state index in [4.69, 9.17) is 4.74 Å². The number of ether oxygens (including phenoxy) is 1. The number of nitrogens with one attached hydrogen (secondary N) is 1. The molecule has 128 valence electrons. The molecular formula is C13H22N6O3S. The van der Waals surface area contributed by atoms with Crippen LogP contribution in [0.5, 0.6) is 0 Å². The molecule has 9 nitrogen and oxygen atoms in total. The average Bonchev–Trinajstić information content (AvgIpc) is 3.07. The Hall–Kier alpha value is -1.52. The summed E-state index contributed by atoms with van der Waals surface area (Å²) in [5, 5.41) is 0. The van der Waals surface area contributed by atoms with E-state index in [0.29, 0.717) is 30.9 Å². The third-order valence-electron chi connectivity index (χ3n) is 3.83. The number of anilines is 2. The van der Waals surface area contributed by atoms with Crippen LogP contribution >= 0.6 is 0 Å². The molecule has 1 N–H and O–H groups in total. The number of nitrogens with zero attached hydrogens (tertiary/aromatic N) is 5. The second-order valence-corrected chi connectivity index (χ2v) is 7.57. The van der Waals surface area contributed by atoms with Gasteiger partial charge in [0.15, 0.2) is 5.82 Å². The minimum absolute atomic E-state index is 0.0690. The van der Waals surface area contributed by atoms with Crippen LogP contribution in [-0.4, -0.2) is 69.0 Å². The Morgan fingerprint density at radius 1 is 1.00 bits per heavy atom. The van der Waals surface area contributed by atoms with Crippen molar-refractivity contribution in [1.82, 2.24) is 19.7 Å². The van der Waals surface area contributed by atoms with Crippen LogP contribution in [0.25, 0.3) is 0 Å². The minimum atomic E-state index is -3.29. The molecule has 0 spiro atoms. The molecule has 0 atom stereocenters. The van der Waals surface area contributed by atoms with Gasteiger partial charge in [-0.05, 0) is 12.8 Å². The molecule has 0 aliphatic carbocycles. The maximum Gasteiger partial charge on any atom is 0.230 e. The third-order valence-corrected chi connectivity index (χ3v) is 4.50. The van der Waals surface area contributed by atoms with Crippen LogP contribution in [-0.2, 0) is 21.3 Å². The van der Waals surface area contributed by atoms with Crippen LogP contribution < -0.4 is 14.5 Å². The minimum Gasteiger partial charge on any atom is -0.378 e. The fourth-order valence-electron chi connectivity index (χ4n) is 2.63. The van der Waals surface area contributed by atoms with E-state index in [0.717, 1.165) is 45.3 Å². The number of hydrogen-bond donors (Lipinski definition) is 1. The van der Waals surface area contributed by atoms with Gasteiger partial charge in [-0.25, -0.2) is 13.1 Å². The van der Waals surface area contributed by atoms with Crippen molar-refractivity contribution in [2.45, 2.75) is 19.4 Å². The molecule has 0 amide bonds. The highest BCUT2D eigenvalue weighted by Crippen LogP contribution is 2.19. The van der Waals surface area contributed by atoms with Gasteiger partial charge in [0.05, 0.1) is 26.0 Å². The second-order valence-electron chi connectivity index (χ2n) is 5.74. The first-order valence-electron chi connectivity index (χ1n) is 7.78. The van der Waals surface area contributed by atoms with Crippen LogP contribution in [0.4, 0.5) is 11.9 Å². The van der Waals surface area contributed by atoms with E-state index in [1.807, 2.05) is 0 Å². The predicted molar refractivity (Wildman–Crippen MR) is 86.0 cm³/mol. The quantitative estimate of drug-likeness (QED) is 0.754. The van der Waals surface area contributed by atoms with Crippen molar-refractivity contribution in [1.29, 1.82) is 0 Å². The lowest BCUT2D eigenvalue weighted by molar-refractivity contribution is 0.122. The summed E-state index contributed by atoms with van der Waals surface area (Å²) < 4.78 is 30.4. The summed E-state index contributed by atoms with van der Waals surface area (Å²) in [7, 11) is -3.29. The van der Waals surface area contributed by atoms with Gasteiger partial charge in [0.25, 0.3) is 0 Å². The van der Waals surface area contributed by atoms with Crippen LogP contribution in [0.3, 0.4) is 0 Å². The van der Waals surface area contributed by atoms with Gasteiger partial charge in [-0.15, -0.1) is 0 Å². The summed E-state index contributed by atoms with van der Waals surface area (Å²) in [4.78, 5) is 17.6. The van der Waals surface area contributed by atoms with E-state index in [-0.39, 0.29) is 6.54 Å². The highest BCUT2D eigenvalue weighted by molar-refractivity contribution is 7.88. The molecule has 0 unspecified atom stereocenters. The van der Waals surface area contributed by atoms with Gasteiger partial charge in [0.1, 0.15) is 0 Å². The molecule has 23 heavy (non-hydrogen) atoms. The van der Waals surface area contributed by atoms with E-state index < -0.39 is 10.0 Å². The zero-order valence-electron chi connectivity index (χ0n) is 13.2. The van der Waals surface area contributed by atoms with Crippen LogP contribution in [0, 0.1) is 0 Å². The fraction of sp³-hybridized carbons (Fsp3) is 0.769. The van der Waals surface area contributed by atoms with Crippen molar-refractivity contribution in [2.24, 2.45) is 0 Å². The molecule has 3 heterocycles. The molecule has 10 heteroatoms. The van der Waals surface area contributed by atoms with Gasteiger partial charge in [-0.1, -0.05) is 0 Å². The van der Waals surface area contributed by atoms with Crippen LogP contribution in [0.15, 0.2) is 0 Å². The summed E-state index contributed by atoms with van der Waals surface area (Å²) in [5.74, 6) is 1.66. The Morgan fingerprint density at radius 2 is 1.57 bits per heavy atom. The van der Waals surface area contributed by atoms with Gasteiger partial charge in [-0.2, -0.15) is 15.0 Å². The van der Waals surface area contributed by atoms with Gasteiger partial charge >= 0.3 is 0 Å². The fourth-order valence-corrected chi connectivity index (χ4v) is 3.02. The standard InChI is InChI=1S/C13H22N6O3S/c1-23(20,21)14-10-11-15-12(18-4-2-3-5-18)17-13(16-11)19-6-8-22-9-7-19/h14H,2-10H2,1H3. The largest absolute Gasteiger partial charge is 0.378 e. The first-order chi connectivity index (χ1) is 11.0. The molecule has 0 radical (unpaired) electrons. The lowest BCUT2D eigenvalue weighted by atomic mass is 10.4. The van der Waals surface area contributed by atoms with Crippen molar-refractivity contribution in [3.05, 3.63) is 5.82 Å². The van der Waals surface area contributed by atoms with Gasteiger partial charge in [0, 0.05) is 26.2 Å². The Kier molecular flexibility index (Phi) is 4.93. The van der Waals surface area contributed by atoms with Crippen molar-refractivity contribution in [3.63, 3.8) is 0 Å². The van der Waals surface area contributed by atoms with E-state index in [9.17, 15) is 8.42 Å². The summed E-state index contributed by atoms with van der Waals surface area (Å²) in [6.45, 7) is 4.64. The molecule has 3 rings (SSSR count). The summed E-state index contributed by atoms with van der Waals surface area (Å²) in [5.41, 5.74) is 0. The summed E-state index contributed by atoms with van der Waals surface area (Å²) in [6.07, 6.45) is 3.36. The monoisotopic (exact) mass is 342 g/mol. The lowest BCUT2D eigenvalue weighted by Crippen LogP contribution is -2.38. The first-order valence-corrected chi connectivity index (χ1v) is 9.68. The SMILES string of the molecule is CS(=O)(=O)NCc1nc(N2CCCC2)nc(N2CCOCC2)n1. The molecule has 2 fully saturated rings. The molecule has 2 aliphatic heterocycles. The highest BCUT2D eigenvalue weighted by Gasteiger charge is 2.21. The number of morpholine rings is 1. The molecule has 2 saturated heterocycles. The smallest absolute Gasteiger partial charge is 0.230 e. The zero-order valence-corrected chi connectivity index (χ0v) is 14.0. The van der Waals surface area contributed by atoms with E-state index in [1.54, 1.807) is 0 Å². The first kappa shape index (κ1) is 16.3. The van der Waals surface area contributed by atoms with Crippen molar-refractivity contribution in [3.8, 4) is 0 Å². The molecule has 0 aromatic carbocycles. The summed E-state index contributed by atoms with van der Waals surface area (Å²) in [6, 6.07) is 0. The second kappa shape index (κ2) is 6.93. The number of rotatable bonds is 5. The Labute approximate surface area is 136 Å².